The number of nitrogens with one attached hydrogen (secondary N) is 1. The minimum atomic E-state index is -0.101. The molecule has 0 aromatic carbocycles. The Morgan fingerprint density at radius 1 is 1.47 bits per heavy atom. The summed E-state index contributed by atoms with van der Waals surface area (Å²) in [5, 5.41) is 6.92. The highest BCUT2D eigenvalue weighted by Crippen LogP contribution is 2.34. The molecule has 1 rings (SSSR count). The first kappa shape index (κ1) is 12.5. The van der Waals surface area contributed by atoms with E-state index < -0.39 is 0 Å². The van der Waals surface area contributed by atoms with Crippen molar-refractivity contribution in [2.75, 3.05) is 6.61 Å². The van der Waals surface area contributed by atoms with E-state index >= 15 is 0 Å². The van der Waals surface area contributed by atoms with Crippen LogP contribution < -0.4 is 0 Å². The Hall–Kier alpha value is -0.610. The van der Waals surface area contributed by atoms with Gasteiger partial charge in [0.1, 0.15) is 11.9 Å². The number of rotatable bonds is 4. The SMILES string of the molecule is CCOC(c1n[nH]c(CCl)n1)C(C)(C)C. The standard InChI is InChI=1S/C10H18ClN3O/c1-5-15-8(10(2,3)4)9-12-7(6-11)13-14-9/h8H,5-6H2,1-4H3,(H,12,13,14). The van der Waals surface area contributed by atoms with Gasteiger partial charge in [-0.25, -0.2) is 4.98 Å². The van der Waals surface area contributed by atoms with Crippen molar-refractivity contribution in [1.82, 2.24) is 15.2 Å². The van der Waals surface area contributed by atoms with Crippen LogP contribution in [0.15, 0.2) is 0 Å². The van der Waals surface area contributed by atoms with Gasteiger partial charge in [0.2, 0.25) is 0 Å². The molecule has 0 amide bonds. The second-order valence-corrected chi connectivity index (χ2v) is 4.74. The highest BCUT2D eigenvalue weighted by atomic mass is 35.5. The monoisotopic (exact) mass is 231 g/mol. The van der Waals surface area contributed by atoms with E-state index in [0.717, 1.165) is 0 Å². The van der Waals surface area contributed by atoms with Crippen molar-refractivity contribution in [2.45, 2.75) is 39.7 Å². The van der Waals surface area contributed by atoms with E-state index in [4.69, 9.17) is 16.3 Å². The van der Waals surface area contributed by atoms with E-state index in [2.05, 4.69) is 36.0 Å². The molecule has 0 saturated heterocycles. The number of ether oxygens (including phenoxy) is 1. The molecule has 0 saturated carbocycles. The summed E-state index contributed by atoms with van der Waals surface area (Å²) in [7, 11) is 0. The second-order valence-electron chi connectivity index (χ2n) is 4.48. The van der Waals surface area contributed by atoms with Crippen LogP contribution in [0.5, 0.6) is 0 Å². The molecule has 86 valence electrons. The molecule has 5 heteroatoms. The van der Waals surface area contributed by atoms with Gasteiger partial charge in [0, 0.05) is 6.61 Å². The fourth-order valence-corrected chi connectivity index (χ4v) is 1.49. The van der Waals surface area contributed by atoms with Crippen molar-refractivity contribution in [3.05, 3.63) is 11.6 Å². The lowest BCUT2D eigenvalue weighted by molar-refractivity contribution is -0.0189. The Labute approximate surface area is 95.4 Å². The van der Waals surface area contributed by atoms with Gasteiger partial charge in [0.25, 0.3) is 0 Å². The highest BCUT2D eigenvalue weighted by molar-refractivity contribution is 6.16. The molecule has 0 aliphatic rings. The summed E-state index contributed by atoms with van der Waals surface area (Å²) in [6.07, 6.45) is -0.101. The molecular formula is C10H18ClN3O. The van der Waals surface area contributed by atoms with Crippen LogP contribution in [0.2, 0.25) is 0 Å². The van der Waals surface area contributed by atoms with Crippen molar-refractivity contribution in [3.63, 3.8) is 0 Å². The summed E-state index contributed by atoms with van der Waals surface area (Å²) < 4.78 is 5.66. The van der Waals surface area contributed by atoms with Crippen molar-refractivity contribution in [2.24, 2.45) is 5.41 Å². The normalized spacial score (nSPS) is 14.2. The van der Waals surface area contributed by atoms with Gasteiger partial charge >= 0.3 is 0 Å². The van der Waals surface area contributed by atoms with Crippen LogP contribution in [-0.4, -0.2) is 21.8 Å². The number of H-pyrrole nitrogens is 1. The molecule has 0 bridgehead atoms. The van der Waals surface area contributed by atoms with Gasteiger partial charge in [-0.05, 0) is 12.3 Å². The summed E-state index contributed by atoms with van der Waals surface area (Å²) in [5.74, 6) is 1.70. The van der Waals surface area contributed by atoms with Crippen LogP contribution in [0.25, 0.3) is 0 Å². The zero-order chi connectivity index (χ0) is 11.5. The number of aromatic amines is 1. The fraction of sp³-hybridized carbons (Fsp3) is 0.800. The third-order valence-electron chi connectivity index (χ3n) is 2.03. The predicted octanol–water partition coefficient (Wildman–Crippen LogP) is 2.67. The number of halogens is 1. The Morgan fingerprint density at radius 2 is 2.13 bits per heavy atom. The van der Waals surface area contributed by atoms with Crippen LogP contribution in [-0.2, 0) is 10.6 Å². The molecule has 0 fully saturated rings. The lowest BCUT2D eigenvalue weighted by atomic mass is 9.88. The first-order chi connectivity index (χ1) is 6.99. The van der Waals surface area contributed by atoms with Crippen LogP contribution in [0.1, 0.15) is 45.4 Å². The number of hydrogen-bond donors (Lipinski definition) is 1. The van der Waals surface area contributed by atoms with Gasteiger partial charge in [-0.3, -0.25) is 5.10 Å². The first-order valence-electron chi connectivity index (χ1n) is 5.07. The van der Waals surface area contributed by atoms with Crippen LogP contribution in [0.4, 0.5) is 0 Å². The van der Waals surface area contributed by atoms with E-state index in [-0.39, 0.29) is 11.5 Å². The third-order valence-corrected chi connectivity index (χ3v) is 2.28. The molecule has 1 atom stereocenters. The zero-order valence-corrected chi connectivity index (χ0v) is 10.4. The van der Waals surface area contributed by atoms with E-state index in [1.54, 1.807) is 0 Å². The molecule has 0 spiro atoms. The predicted molar refractivity (Wildman–Crippen MR) is 59.8 cm³/mol. The molecule has 1 aromatic heterocycles. The quantitative estimate of drug-likeness (QED) is 0.811. The molecule has 15 heavy (non-hydrogen) atoms. The van der Waals surface area contributed by atoms with E-state index in [1.165, 1.54) is 0 Å². The maximum absolute atomic E-state index is 5.66. The zero-order valence-electron chi connectivity index (χ0n) is 9.67. The average molecular weight is 232 g/mol. The number of aromatic nitrogens is 3. The van der Waals surface area contributed by atoms with Crippen molar-refractivity contribution < 1.29 is 4.74 Å². The van der Waals surface area contributed by atoms with Crippen molar-refractivity contribution >= 4 is 11.6 Å². The van der Waals surface area contributed by atoms with Gasteiger partial charge < -0.3 is 4.74 Å². The Kier molecular flexibility index (Phi) is 4.11. The van der Waals surface area contributed by atoms with Gasteiger partial charge in [0.15, 0.2) is 5.82 Å². The minimum Gasteiger partial charge on any atom is -0.370 e. The Morgan fingerprint density at radius 3 is 2.53 bits per heavy atom. The van der Waals surface area contributed by atoms with Gasteiger partial charge in [-0.1, -0.05) is 20.8 Å². The lowest BCUT2D eigenvalue weighted by Crippen LogP contribution is -2.22. The lowest BCUT2D eigenvalue weighted by Gasteiger charge is -2.27. The van der Waals surface area contributed by atoms with Crippen LogP contribution in [0, 0.1) is 5.41 Å². The van der Waals surface area contributed by atoms with Crippen molar-refractivity contribution in [1.29, 1.82) is 0 Å². The molecule has 0 aliphatic heterocycles. The first-order valence-corrected chi connectivity index (χ1v) is 5.61. The molecule has 1 aromatic rings. The molecule has 1 unspecified atom stereocenters. The molecule has 0 aliphatic carbocycles. The molecule has 0 radical (unpaired) electrons. The second kappa shape index (κ2) is 4.94. The Bertz CT molecular complexity index is 306. The minimum absolute atomic E-state index is 0.0260. The van der Waals surface area contributed by atoms with E-state index in [9.17, 15) is 0 Å². The largest absolute Gasteiger partial charge is 0.370 e. The highest BCUT2D eigenvalue weighted by Gasteiger charge is 2.30. The van der Waals surface area contributed by atoms with E-state index in [0.29, 0.717) is 24.1 Å². The molecule has 4 nitrogen and oxygen atoms in total. The summed E-state index contributed by atoms with van der Waals surface area (Å²) in [6, 6.07) is 0. The fourth-order valence-electron chi connectivity index (χ4n) is 1.37. The summed E-state index contributed by atoms with van der Waals surface area (Å²) in [5.41, 5.74) is -0.0260. The summed E-state index contributed by atoms with van der Waals surface area (Å²) in [4.78, 5) is 4.29. The van der Waals surface area contributed by atoms with Crippen molar-refractivity contribution in [3.8, 4) is 0 Å². The van der Waals surface area contributed by atoms with Gasteiger partial charge in [-0.15, -0.1) is 11.6 Å². The maximum Gasteiger partial charge on any atom is 0.179 e. The third kappa shape index (κ3) is 3.18. The smallest absolute Gasteiger partial charge is 0.179 e. The Balaban J connectivity index is 2.88. The van der Waals surface area contributed by atoms with Gasteiger partial charge in [0.05, 0.1) is 5.88 Å². The topological polar surface area (TPSA) is 50.8 Å². The van der Waals surface area contributed by atoms with Gasteiger partial charge in [-0.2, -0.15) is 5.10 Å². The number of alkyl halides is 1. The molecule has 1 heterocycles. The average Bonchev–Trinajstić information content (AvgIpc) is 2.60. The maximum atomic E-state index is 5.66. The van der Waals surface area contributed by atoms with Crippen LogP contribution >= 0.6 is 11.6 Å². The number of hydrogen-bond acceptors (Lipinski definition) is 3. The number of nitrogens with zero attached hydrogens (tertiary/aromatic N) is 2. The molecular weight excluding hydrogens is 214 g/mol. The summed E-state index contributed by atoms with van der Waals surface area (Å²) >= 11 is 5.66. The van der Waals surface area contributed by atoms with E-state index in [1.807, 2.05) is 6.92 Å². The molecule has 1 N–H and O–H groups in total. The summed E-state index contributed by atoms with van der Waals surface area (Å²) in [6.45, 7) is 8.92. The van der Waals surface area contributed by atoms with Crippen LogP contribution in [0.3, 0.4) is 0 Å².